The summed E-state index contributed by atoms with van der Waals surface area (Å²) in [5.41, 5.74) is 1.13. The number of nitrogens with one attached hydrogen (secondary N) is 1. The van der Waals surface area contributed by atoms with Crippen LogP contribution in [-0.4, -0.2) is 29.8 Å². The van der Waals surface area contributed by atoms with E-state index in [1.165, 1.54) is 0 Å². The molecule has 1 heterocycles. The molecule has 1 aliphatic carbocycles. The maximum atomic E-state index is 12.3. The quantitative estimate of drug-likeness (QED) is 0.873. The Bertz CT molecular complexity index is 568. The van der Waals surface area contributed by atoms with Gasteiger partial charge in [-0.25, -0.2) is 0 Å². The van der Waals surface area contributed by atoms with Gasteiger partial charge in [0.1, 0.15) is 0 Å². The second kappa shape index (κ2) is 7.82. The monoisotopic (exact) mass is 328 g/mol. The molecule has 4 heteroatoms. The van der Waals surface area contributed by atoms with Crippen molar-refractivity contribution < 1.29 is 9.59 Å². The summed E-state index contributed by atoms with van der Waals surface area (Å²) >= 11 is 0. The highest BCUT2D eigenvalue weighted by atomic mass is 16.2. The summed E-state index contributed by atoms with van der Waals surface area (Å²) in [6.07, 6.45) is 4.70. The molecular weight excluding hydrogens is 300 g/mol. The minimum atomic E-state index is 0.129. The second-order valence-corrected chi connectivity index (χ2v) is 7.24. The van der Waals surface area contributed by atoms with Crippen LogP contribution in [0.15, 0.2) is 30.3 Å². The lowest BCUT2D eigenvalue weighted by Crippen LogP contribution is -2.45. The third-order valence-electron chi connectivity index (χ3n) is 5.43. The highest BCUT2D eigenvalue weighted by Gasteiger charge is 2.37. The molecule has 1 saturated heterocycles. The number of piperidine rings is 1. The van der Waals surface area contributed by atoms with E-state index < -0.39 is 0 Å². The number of hydrogen-bond acceptors (Lipinski definition) is 2. The maximum absolute atomic E-state index is 12.3. The van der Waals surface area contributed by atoms with Gasteiger partial charge in [-0.2, -0.15) is 0 Å². The van der Waals surface area contributed by atoms with E-state index in [2.05, 4.69) is 12.2 Å². The molecule has 2 atom stereocenters. The first-order valence-corrected chi connectivity index (χ1v) is 9.26. The lowest BCUT2D eigenvalue weighted by molar-refractivity contribution is -0.135. The zero-order valence-electron chi connectivity index (χ0n) is 14.5. The average molecular weight is 328 g/mol. The van der Waals surface area contributed by atoms with E-state index in [0.29, 0.717) is 36.6 Å². The molecule has 2 fully saturated rings. The topological polar surface area (TPSA) is 49.4 Å². The van der Waals surface area contributed by atoms with Crippen LogP contribution < -0.4 is 5.32 Å². The van der Waals surface area contributed by atoms with Crippen LogP contribution in [0.4, 0.5) is 0 Å². The molecule has 130 valence electrons. The highest BCUT2D eigenvalue weighted by Crippen LogP contribution is 2.35. The smallest absolute Gasteiger partial charge is 0.225 e. The fourth-order valence-electron chi connectivity index (χ4n) is 3.71. The van der Waals surface area contributed by atoms with Crippen LogP contribution in [0, 0.1) is 17.8 Å². The second-order valence-electron chi connectivity index (χ2n) is 7.24. The first-order valence-electron chi connectivity index (χ1n) is 9.26. The van der Waals surface area contributed by atoms with E-state index in [1.54, 1.807) is 0 Å². The van der Waals surface area contributed by atoms with Crippen molar-refractivity contribution in [1.82, 2.24) is 10.2 Å². The number of carbonyl (C=O) groups is 2. The standard InChI is InChI=1S/C20H28N2O2/c1-2-16-14-22(20(24)17-8-9-17)11-10-18(16)12-19(23)21-13-15-6-4-3-5-7-15/h3-7,16-18H,2,8-14H2,1H3,(H,21,23). The minimum absolute atomic E-state index is 0.129. The highest BCUT2D eigenvalue weighted by molar-refractivity contribution is 5.81. The first kappa shape index (κ1) is 17.0. The van der Waals surface area contributed by atoms with Crippen molar-refractivity contribution in [3.63, 3.8) is 0 Å². The van der Waals surface area contributed by atoms with Crippen molar-refractivity contribution >= 4 is 11.8 Å². The van der Waals surface area contributed by atoms with Crippen LogP contribution >= 0.6 is 0 Å². The Balaban J connectivity index is 1.47. The van der Waals surface area contributed by atoms with Gasteiger partial charge in [0, 0.05) is 32.0 Å². The lowest BCUT2D eigenvalue weighted by Gasteiger charge is -2.38. The Morgan fingerprint density at radius 3 is 2.54 bits per heavy atom. The van der Waals surface area contributed by atoms with E-state index in [1.807, 2.05) is 35.2 Å². The van der Waals surface area contributed by atoms with Crippen LogP contribution in [0.3, 0.4) is 0 Å². The molecule has 0 radical (unpaired) electrons. The largest absolute Gasteiger partial charge is 0.352 e. The SMILES string of the molecule is CCC1CN(C(=O)C2CC2)CCC1CC(=O)NCc1ccccc1. The van der Waals surface area contributed by atoms with Gasteiger partial charge < -0.3 is 10.2 Å². The summed E-state index contributed by atoms with van der Waals surface area (Å²) in [4.78, 5) is 26.6. The molecule has 2 aliphatic rings. The van der Waals surface area contributed by atoms with Gasteiger partial charge in [0.2, 0.25) is 11.8 Å². The molecule has 3 rings (SSSR count). The van der Waals surface area contributed by atoms with Crippen molar-refractivity contribution in [2.75, 3.05) is 13.1 Å². The molecule has 1 aliphatic heterocycles. The van der Waals surface area contributed by atoms with E-state index in [9.17, 15) is 9.59 Å². The van der Waals surface area contributed by atoms with Crippen LogP contribution in [0.1, 0.15) is 44.6 Å². The number of nitrogens with zero attached hydrogens (tertiary/aromatic N) is 1. The fraction of sp³-hybridized carbons (Fsp3) is 0.600. The molecule has 0 aromatic heterocycles. The Hall–Kier alpha value is -1.84. The van der Waals surface area contributed by atoms with Crippen LogP contribution in [0.5, 0.6) is 0 Å². The summed E-state index contributed by atoms with van der Waals surface area (Å²) < 4.78 is 0. The fourth-order valence-corrected chi connectivity index (χ4v) is 3.71. The first-order chi connectivity index (χ1) is 11.7. The molecule has 0 spiro atoms. The van der Waals surface area contributed by atoms with E-state index in [-0.39, 0.29) is 5.91 Å². The van der Waals surface area contributed by atoms with Gasteiger partial charge in [0.15, 0.2) is 0 Å². The van der Waals surface area contributed by atoms with Gasteiger partial charge >= 0.3 is 0 Å². The normalized spacial score (nSPS) is 23.8. The van der Waals surface area contributed by atoms with Gasteiger partial charge in [-0.1, -0.05) is 43.7 Å². The Morgan fingerprint density at radius 2 is 1.88 bits per heavy atom. The van der Waals surface area contributed by atoms with Gasteiger partial charge in [0.25, 0.3) is 0 Å². The zero-order chi connectivity index (χ0) is 16.9. The number of hydrogen-bond donors (Lipinski definition) is 1. The van der Waals surface area contributed by atoms with Gasteiger partial charge in [0.05, 0.1) is 0 Å². The molecule has 1 aromatic rings. The lowest BCUT2D eigenvalue weighted by atomic mass is 9.81. The number of likely N-dealkylation sites (tertiary alicyclic amines) is 1. The molecule has 1 aromatic carbocycles. The summed E-state index contributed by atoms with van der Waals surface area (Å²) in [7, 11) is 0. The van der Waals surface area contributed by atoms with Crippen LogP contribution in [-0.2, 0) is 16.1 Å². The van der Waals surface area contributed by atoms with E-state index in [0.717, 1.165) is 44.3 Å². The van der Waals surface area contributed by atoms with Crippen LogP contribution in [0.25, 0.3) is 0 Å². The molecule has 2 amide bonds. The van der Waals surface area contributed by atoms with Gasteiger partial charge in [-0.05, 0) is 36.7 Å². The molecule has 4 nitrogen and oxygen atoms in total. The molecular formula is C20H28N2O2. The number of carbonyl (C=O) groups excluding carboxylic acids is 2. The predicted octanol–water partition coefficient (Wildman–Crippen LogP) is 2.98. The van der Waals surface area contributed by atoms with Gasteiger partial charge in [-0.3, -0.25) is 9.59 Å². The number of rotatable bonds is 6. The third-order valence-corrected chi connectivity index (χ3v) is 5.43. The third kappa shape index (κ3) is 4.37. The Morgan fingerprint density at radius 1 is 1.12 bits per heavy atom. The van der Waals surface area contributed by atoms with E-state index in [4.69, 9.17) is 0 Å². The Labute approximate surface area is 144 Å². The molecule has 0 bridgehead atoms. The molecule has 2 unspecified atom stereocenters. The minimum Gasteiger partial charge on any atom is -0.352 e. The maximum Gasteiger partial charge on any atom is 0.225 e. The van der Waals surface area contributed by atoms with E-state index >= 15 is 0 Å². The van der Waals surface area contributed by atoms with Gasteiger partial charge in [-0.15, -0.1) is 0 Å². The van der Waals surface area contributed by atoms with Crippen molar-refractivity contribution in [2.45, 2.75) is 45.6 Å². The Kier molecular flexibility index (Phi) is 5.54. The predicted molar refractivity (Wildman–Crippen MR) is 94.1 cm³/mol. The summed E-state index contributed by atoms with van der Waals surface area (Å²) in [6.45, 7) is 4.42. The van der Waals surface area contributed by atoms with Crippen molar-refractivity contribution in [2.24, 2.45) is 17.8 Å². The summed E-state index contributed by atoms with van der Waals surface area (Å²) in [5, 5.41) is 3.03. The summed E-state index contributed by atoms with van der Waals surface area (Å²) in [6, 6.07) is 10.0. The van der Waals surface area contributed by atoms with Crippen molar-refractivity contribution in [1.29, 1.82) is 0 Å². The average Bonchev–Trinajstić information content (AvgIpc) is 3.45. The molecule has 24 heavy (non-hydrogen) atoms. The number of benzene rings is 1. The number of amides is 2. The zero-order valence-corrected chi connectivity index (χ0v) is 14.5. The van der Waals surface area contributed by atoms with Crippen molar-refractivity contribution in [3.05, 3.63) is 35.9 Å². The van der Waals surface area contributed by atoms with Crippen LogP contribution in [0.2, 0.25) is 0 Å². The van der Waals surface area contributed by atoms with Crippen molar-refractivity contribution in [3.8, 4) is 0 Å². The summed E-state index contributed by atoms with van der Waals surface area (Å²) in [5.74, 6) is 1.62. The molecule has 1 saturated carbocycles. The molecule has 1 N–H and O–H groups in total.